The number of hydrogen-bond donors (Lipinski definition) is 1. The Kier molecular flexibility index (Phi) is 6.64. The molecule has 1 N–H and O–H groups in total. The molecule has 0 spiro atoms. The predicted molar refractivity (Wildman–Crippen MR) is 131 cm³/mol. The van der Waals surface area contributed by atoms with Crippen LogP contribution in [0.3, 0.4) is 0 Å². The van der Waals surface area contributed by atoms with Crippen LogP contribution in [-0.2, 0) is 5.34 Å². The summed E-state index contributed by atoms with van der Waals surface area (Å²) in [4.78, 5) is 18.9. The zero-order chi connectivity index (χ0) is 23.0. The number of alkyl halides is 1. The number of aryl methyl sites for hydroxylation is 1. The first-order chi connectivity index (χ1) is 14.3. The molecule has 31 heavy (non-hydrogen) atoms. The van der Waals surface area contributed by atoms with Crippen LogP contribution in [-0.4, -0.2) is 71.3 Å². The fourth-order valence-corrected chi connectivity index (χ4v) is 4.48. The summed E-state index contributed by atoms with van der Waals surface area (Å²) >= 11 is 5.80. The molecule has 3 rings (SSSR count). The zero-order valence-electron chi connectivity index (χ0n) is 18.7. The van der Waals surface area contributed by atoms with E-state index in [-0.39, 0.29) is 36.9 Å². The van der Waals surface area contributed by atoms with Crippen molar-refractivity contribution in [2.24, 2.45) is 0 Å². The van der Waals surface area contributed by atoms with Gasteiger partial charge in [0, 0.05) is 30.5 Å². The molecule has 1 aliphatic rings. The van der Waals surface area contributed by atoms with Gasteiger partial charge in [0.15, 0.2) is 0 Å². The molecule has 0 bridgehead atoms. The molecule has 0 aliphatic carbocycles. The van der Waals surface area contributed by atoms with E-state index >= 15 is 4.39 Å². The van der Waals surface area contributed by atoms with Gasteiger partial charge in [0.1, 0.15) is 42.9 Å². The Hall–Kier alpha value is -1.79. The maximum absolute atomic E-state index is 16.1. The second-order valence-electron chi connectivity index (χ2n) is 9.48. The van der Waals surface area contributed by atoms with Crippen LogP contribution in [0.2, 0.25) is 5.02 Å². The molecule has 1 aliphatic heterocycles. The zero-order valence-corrected chi connectivity index (χ0v) is 19.5. The van der Waals surface area contributed by atoms with Gasteiger partial charge in [-0.2, -0.15) is 0 Å². The van der Waals surface area contributed by atoms with E-state index in [0.29, 0.717) is 5.56 Å². The third-order valence-corrected chi connectivity index (χ3v) is 6.60. The van der Waals surface area contributed by atoms with Gasteiger partial charge in [0.05, 0.1) is 5.02 Å². The van der Waals surface area contributed by atoms with Crippen molar-refractivity contribution >= 4 is 48.9 Å². The Labute approximate surface area is 191 Å². The highest BCUT2D eigenvalue weighted by Crippen LogP contribution is 2.36. The number of benzene rings is 1. The van der Waals surface area contributed by atoms with Gasteiger partial charge >= 0.3 is 0 Å². The molecule has 1 amide bonds. The van der Waals surface area contributed by atoms with E-state index in [1.54, 1.807) is 4.90 Å². The van der Waals surface area contributed by atoms with Gasteiger partial charge in [-0.1, -0.05) is 17.7 Å². The molecule has 2 aromatic rings. The first kappa shape index (κ1) is 23.9. The van der Waals surface area contributed by atoms with Crippen LogP contribution in [0.1, 0.15) is 34.5 Å². The molecule has 160 valence electrons. The van der Waals surface area contributed by atoms with Crippen LogP contribution in [0.25, 0.3) is 0 Å². The summed E-state index contributed by atoms with van der Waals surface area (Å²) in [6.07, 6.45) is 2.21. The van der Waals surface area contributed by atoms with Crippen LogP contribution in [0.15, 0.2) is 36.5 Å². The molecule has 0 unspecified atom stereocenters. The van der Waals surface area contributed by atoms with Crippen LogP contribution in [0, 0.1) is 12.7 Å². The average Bonchev–Trinajstić information content (AvgIpc) is 2.69. The number of hydrogen-bond acceptors (Lipinski definition) is 3. The Morgan fingerprint density at radius 3 is 2.39 bits per heavy atom. The number of rotatable bonds is 5. The van der Waals surface area contributed by atoms with Crippen molar-refractivity contribution in [2.45, 2.75) is 36.1 Å². The topological polar surface area (TPSA) is 45.2 Å². The number of piperidine rings is 1. The molecular weight excluding hydrogens is 415 g/mol. The number of aromatic nitrogens is 1. The number of carbonyl (C=O) groups is 1. The average molecular weight is 441 g/mol. The van der Waals surface area contributed by atoms with Gasteiger partial charge in [0.25, 0.3) is 5.91 Å². The fourth-order valence-electron chi connectivity index (χ4n) is 4.30. The number of pyridine rings is 1. The minimum Gasteiger partial charge on any atom is -0.338 e. The van der Waals surface area contributed by atoms with Crippen molar-refractivity contribution in [1.29, 1.82) is 0 Å². The SMILES string of the molecule is BC(B)(NC(B)(B)C1(F)CCN(C(=O)c2ccc(F)c(Cl)c2)CC1)c1ccc(C)cn1. The maximum Gasteiger partial charge on any atom is 0.253 e. The van der Waals surface area contributed by atoms with E-state index in [2.05, 4.69) is 10.3 Å². The maximum atomic E-state index is 16.1. The second-order valence-corrected chi connectivity index (χ2v) is 9.89. The molecule has 1 aromatic heterocycles. The predicted octanol–water partition coefficient (Wildman–Crippen LogP) is -0.287. The summed E-state index contributed by atoms with van der Waals surface area (Å²) < 4.78 is 29.5. The Bertz CT molecular complexity index is 967. The lowest BCUT2D eigenvalue weighted by Crippen LogP contribution is -2.70. The van der Waals surface area contributed by atoms with Crippen molar-refractivity contribution in [3.63, 3.8) is 0 Å². The standard InChI is InChI=1S/C20H26B4ClF2N3O/c1-12-2-5-16(28-11-12)19(21,22)29-20(23,24)18(27)6-8-30(9-7-18)17(31)13-3-4-15(26)14(25)10-13/h2-5,10-11,29H,6-9,21-24H2,1H3. The van der Waals surface area contributed by atoms with Crippen molar-refractivity contribution in [3.8, 4) is 0 Å². The quantitative estimate of drug-likeness (QED) is 0.650. The van der Waals surface area contributed by atoms with Gasteiger partial charge < -0.3 is 10.2 Å². The number of nitrogens with one attached hydrogen (secondary N) is 1. The molecule has 11 heteroatoms. The molecule has 2 heterocycles. The molecule has 0 saturated carbocycles. The lowest BCUT2D eigenvalue weighted by Gasteiger charge is -2.50. The first-order valence-electron chi connectivity index (χ1n) is 10.5. The number of halogens is 3. The summed E-state index contributed by atoms with van der Waals surface area (Å²) in [7, 11) is 7.71. The number of amides is 1. The van der Waals surface area contributed by atoms with Gasteiger partial charge in [-0.15, -0.1) is 0 Å². The van der Waals surface area contributed by atoms with E-state index in [9.17, 15) is 9.18 Å². The van der Waals surface area contributed by atoms with E-state index in [4.69, 9.17) is 11.6 Å². The van der Waals surface area contributed by atoms with Gasteiger partial charge in [-0.3, -0.25) is 9.78 Å². The highest BCUT2D eigenvalue weighted by Gasteiger charge is 2.49. The van der Waals surface area contributed by atoms with Crippen LogP contribution in [0.5, 0.6) is 0 Å². The first-order valence-corrected chi connectivity index (χ1v) is 10.9. The smallest absolute Gasteiger partial charge is 0.253 e. The van der Waals surface area contributed by atoms with Crippen molar-refractivity contribution < 1.29 is 13.6 Å². The number of carbonyl (C=O) groups excluding carboxylic acids is 1. The van der Waals surface area contributed by atoms with Crippen molar-refractivity contribution in [2.75, 3.05) is 13.1 Å². The van der Waals surface area contributed by atoms with Gasteiger partial charge in [-0.25, -0.2) is 8.78 Å². The van der Waals surface area contributed by atoms with E-state index < -0.39 is 22.2 Å². The van der Waals surface area contributed by atoms with Crippen LogP contribution >= 0.6 is 11.6 Å². The highest BCUT2D eigenvalue weighted by molar-refractivity contribution is 6.44. The normalized spacial score (nSPS) is 16.8. The summed E-state index contributed by atoms with van der Waals surface area (Å²) in [5, 5.41) is 1.99. The minimum atomic E-state index is -1.51. The molecule has 1 fully saturated rings. The molecule has 0 atom stereocenters. The Morgan fingerprint density at radius 2 is 1.84 bits per heavy atom. The third-order valence-electron chi connectivity index (χ3n) is 6.31. The fraction of sp³-hybridized carbons (Fsp3) is 0.400. The van der Waals surface area contributed by atoms with Crippen LogP contribution in [0.4, 0.5) is 8.78 Å². The molecule has 0 radical (unpaired) electrons. The molecule has 1 saturated heterocycles. The van der Waals surface area contributed by atoms with Gasteiger partial charge in [-0.05, 0) is 60.3 Å². The second kappa shape index (κ2) is 8.62. The number of nitrogens with zero attached hydrogens (tertiary/aromatic N) is 2. The van der Waals surface area contributed by atoms with Crippen molar-refractivity contribution in [1.82, 2.24) is 15.2 Å². The van der Waals surface area contributed by atoms with Crippen molar-refractivity contribution in [3.05, 3.63) is 64.2 Å². The van der Waals surface area contributed by atoms with Gasteiger partial charge in [0.2, 0.25) is 0 Å². The minimum absolute atomic E-state index is 0.0972. The monoisotopic (exact) mass is 441 g/mol. The molecule has 4 nitrogen and oxygen atoms in total. The summed E-state index contributed by atoms with van der Waals surface area (Å²) in [5.41, 5.74) is 0.712. The summed E-state index contributed by atoms with van der Waals surface area (Å²) in [5.74, 6) is -0.836. The number of likely N-dealkylation sites (tertiary alicyclic amines) is 1. The van der Waals surface area contributed by atoms with Crippen LogP contribution < -0.4 is 5.32 Å². The Balaban J connectivity index is 1.70. The highest BCUT2D eigenvalue weighted by atomic mass is 35.5. The Morgan fingerprint density at radius 1 is 1.19 bits per heavy atom. The molecule has 1 aromatic carbocycles. The van der Waals surface area contributed by atoms with E-state index in [1.807, 2.05) is 56.6 Å². The largest absolute Gasteiger partial charge is 0.338 e. The molecular formula is C20H26B4ClF2N3O. The third kappa shape index (κ3) is 5.01. The summed E-state index contributed by atoms with van der Waals surface area (Å²) in [6, 6.07) is 7.85. The lowest BCUT2D eigenvalue weighted by molar-refractivity contribution is 0.0278. The van der Waals surface area contributed by atoms with E-state index in [0.717, 1.165) is 11.3 Å². The van der Waals surface area contributed by atoms with E-state index in [1.165, 1.54) is 18.2 Å². The summed E-state index contributed by atoms with van der Waals surface area (Å²) in [6.45, 7) is 2.53. The lowest BCUT2D eigenvalue weighted by atomic mass is 9.47.